The molecule has 1 atom stereocenters. The molecule has 0 aliphatic carbocycles. The number of halogens is 3. The highest BCUT2D eigenvalue weighted by Gasteiger charge is 2.39. The second kappa shape index (κ2) is 7.54. The lowest BCUT2D eigenvalue weighted by molar-refractivity contribution is -0.137. The zero-order valence-corrected chi connectivity index (χ0v) is 16.9. The Morgan fingerprint density at radius 1 is 0.935 bits per heavy atom. The van der Waals surface area contributed by atoms with Gasteiger partial charge in [-0.25, -0.2) is 13.2 Å². The summed E-state index contributed by atoms with van der Waals surface area (Å²) in [5.41, 5.74) is 0.634. The number of anilines is 2. The Labute approximate surface area is 176 Å². The number of benzene rings is 3. The molecule has 0 saturated heterocycles. The fourth-order valence-corrected chi connectivity index (χ4v) is 4.10. The molecule has 0 saturated carbocycles. The van der Waals surface area contributed by atoms with Gasteiger partial charge in [0.25, 0.3) is 0 Å². The molecule has 1 N–H and O–H groups in total. The van der Waals surface area contributed by atoms with Gasteiger partial charge in [-0.1, -0.05) is 0 Å². The first kappa shape index (κ1) is 20.6. The minimum atomic E-state index is -1.42. The summed E-state index contributed by atoms with van der Waals surface area (Å²) in [5.74, 6) is -5.81. The van der Waals surface area contributed by atoms with Crippen LogP contribution in [0.1, 0.15) is 17.0 Å². The number of fused-ring (bicyclic) bond motifs is 2. The third-order valence-corrected chi connectivity index (χ3v) is 5.50. The fraction of sp³-hybridized carbons (Fsp3) is 0.174. The van der Waals surface area contributed by atoms with Gasteiger partial charge in [-0.2, -0.15) is 0 Å². The van der Waals surface area contributed by atoms with E-state index in [1.807, 2.05) is 0 Å². The van der Waals surface area contributed by atoms with E-state index in [0.29, 0.717) is 28.8 Å². The van der Waals surface area contributed by atoms with Crippen LogP contribution < -0.4 is 14.4 Å². The SMILES string of the molecule is COc1ccc2c(c1)C(C(=O)O)c1c(ccc(OC)c1-c1c(F)ccc(F)c1F)N2C. The minimum absolute atomic E-state index is 0.0214. The summed E-state index contributed by atoms with van der Waals surface area (Å²) in [6, 6.07) is 9.52. The van der Waals surface area contributed by atoms with Crippen molar-refractivity contribution in [2.45, 2.75) is 5.92 Å². The van der Waals surface area contributed by atoms with Gasteiger partial charge < -0.3 is 19.5 Å². The average molecular weight is 429 g/mol. The number of carboxylic acids is 1. The molecule has 0 aromatic heterocycles. The summed E-state index contributed by atoms with van der Waals surface area (Å²) >= 11 is 0. The molecule has 8 heteroatoms. The Bertz CT molecular complexity index is 1210. The van der Waals surface area contributed by atoms with Crippen LogP contribution in [0.4, 0.5) is 24.5 Å². The van der Waals surface area contributed by atoms with E-state index in [4.69, 9.17) is 9.47 Å². The van der Waals surface area contributed by atoms with Crippen molar-refractivity contribution in [1.82, 2.24) is 0 Å². The largest absolute Gasteiger partial charge is 0.497 e. The monoisotopic (exact) mass is 429 g/mol. The van der Waals surface area contributed by atoms with Crippen LogP contribution in [0.2, 0.25) is 0 Å². The normalized spacial score (nSPS) is 14.6. The molecule has 5 nitrogen and oxygen atoms in total. The van der Waals surface area contributed by atoms with Crippen LogP contribution in [0, 0.1) is 17.5 Å². The second-order valence-corrected chi connectivity index (χ2v) is 7.05. The molecular formula is C23H18F3NO4. The van der Waals surface area contributed by atoms with E-state index in [1.54, 1.807) is 36.2 Å². The van der Waals surface area contributed by atoms with E-state index in [-0.39, 0.29) is 16.9 Å². The maximum Gasteiger partial charge on any atom is 0.315 e. The van der Waals surface area contributed by atoms with Crippen LogP contribution in [0.25, 0.3) is 11.1 Å². The van der Waals surface area contributed by atoms with Gasteiger partial charge in [0.2, 0.25) is 0 Å². The molecule has 4 rings (SSSR count). The smallest absolute Gasteiger partial charge is 0.315 e. The van der Waals surface area contributed by atoms with Crippen molar-refractivity contribution in [3.63, 3.8) is 0 Å². The van der Waals surface area contributed by atoms with Crippen LogP contribution in [0.15, 0.2) is 42.5 Å². The van der Waals surface area contributed by atoms with E-state index in [2.05, 4.69) is 0 Å². The lowest BCUT2D eigenvalue weighted by atomic mass is 9.80. The van der Waals surface area contributed by atoms with Gasteiger partial charge in [0.05, 0.1) is 19.8 Å². The zero-order valence-electron chi connectivity index (χ0n) is 16.9. The lowest BCUT2D eigenvalue weighted by Gasteiger charge is -2.36. The molecule has 160 valence electrons. The van der Waals surface area contributed by atoms with Crippen LogP contribution in [-0.2, 0) is 4.79 Å². The van der Waals surface area contributed by atoms with E-state index in [1.165, 1.54) is 20.3 Å². The Balaban J connectivity index is 2.14. The molecule has 1 aliphatic heterocycles. The highest BCUT2D eigenvalue weighted by molar-refractivity contribution is 5.96. The molecule has 1 unspecified atom stereocenters. The standard InChI is InChI=1S/C23H18F3NO4/c1-27-15-7-4-11(30-2)10-12(15)18(23(28)29)20-16(27)8-9-17(31-3)21(20)19-13(24)5-6-14(25)22(19)26/h4-10,18H,1-3H3,(H,28,29). The quantitative estimate of drug-likeness (QED) is 0.586. The molecule has 31 heavy (non-hydrogen) atoms. The fourth-order valence-electron chi connectivity index (χ4n) is 4.10. The maximum absolute atomic E-state index is 14.8. The summed E-state index contributed by atoms with van der Waals surface area (Å²) < 4.78 is 54.2. The topological polar surface area (TPSA) is 59.0 Å². The first-order valence-electron chi connectivity index (χ1n) is 9.29. The summed E-state index contributed by atoms with van der Waals surface area (Å²) in [6.45, 7) is 0. The van der Waals surface area contributed by atoms with Gasteiger partial charge in [-0.15, -0.1) is 0 Å². The number of methoxy groups -OCH3 is 2. The first-order valence-corrected chi connectivity index (χ1v) is 9.29. The van der Waals surface area contributed by atoms with Crippen molar-refractivity contribution in [2.75, 3.05) is 26.2 Å². The van der Waals surface area contributed by atoms with E-state index in [0.717, 1.165) is 6.07 Å². The van der Waals surface area contributed by atoms with Gasteiger partial charge in [0, 0.05) is 29.5 Å². The highest BCUT2D eigenvalue weighted by Crippen LogP contribution is 2.52. The zero-order chi connectivity index (χ0) is 22.4. The summed E-state index contributed by atoms with van der Waals surface area (Å²) in [4.78, 5) is 14.2. The molecule has 3 aromatic carbocycles. The molecule has 0 radical (unpaired) electrons. The third-order valence-electron chi connectivity index (χ3n) is 5.50. The number of nitrogens with zero attached hydrogens (tertiary/aromatic N) is 1. The highest BCUT2D eigenvalue weighted by atomic mass is 19.2. The number of carboxylic acid groups (broad SMARTS) is 1. The molecule has 1 heterocycles. The Hall–Kier alpha value is -3.68. The molecule has 3 aromatic rings. The van der Waals surface area contributed by atoms with Gasteiger partial charge in [0.15, 0.2) is 11.6 Å². The van der Waals surface area contributed by atoms with Crippen molar-refractivity contribution in [3.05, 3.63) is 71.0 Å². The van der Waals surface area contributed by atoms with E-state index < -0.39 is 34.9 Å². The number of hydrogen-bond acceptors (Lipinski definition) is 4. The summed E-state index contributed by atoms with van der Waals surface area (Å²) in [5, 5.41) is 10.1. The molecule has 0 bridgehead atoms. The molecular weight excluding hydrogens is 411 g/mol. The van der Waals surface area contributed by atoms with Crippen molar-refractivity contribution in [3.8, 4) is 22.6 Å². The number of carbonyl (C=O) groups is 1. The summed E-state index contributed by atoms with van der Waals surface area (Å²) in [6.07, 6.45) is 0. The number of ether oxygens (including phenoxy) is 2. The van der Waals surface area contributed by atoms with E-state index >= 15 is 0 Å². The second-order valence-electron chi connectivity index (χ2n) is 7.05. The Kier molecular flexibility index (Phi) is 5.00. The number of rotatable bonds is 4. The molecule has 0 spiro atoms. The number of hydrogen-bond donors (Lipinski definition) is 1. The van der Waals surface area contributed by atoms with Gasteiger partial charge in [-0.3, -0.25) is 4.79 Å². The Morgan fingerprint density at radius 2 is 1.61 bits per heavy atom. The van der Waals surface area contributed by atoms with E-state index in [9.17, 15) is 23.1 Å². The van der Waals surface area contributed by atoms with Crippen molar-refractivity contribution in [1.29, 1.82) is 0 Å². The van der Waals surface area contributed by atoms with Crippen molar-refractivity contribution >= 4 is 17.3 Å². The molecule has 0 fully saturated rings. The van der Waals surface area contributed by atoms with Crippen LogP contribution in [0.5, 0.6) is 11.5 Å². The van der Waals surface area contributed by atoms with Gasteiger partial charge in [-0.05, 0) is 48.0 Å². The number of aliphatic carboxylic acids is 1. The minimum Gasteiger partial charge on any atom is -0.497 e. The molecule has 0 amide bonds. The van der Waals surface area contributed by atoms with Crippen molar-refractivity contribution in [2.24, 2.45) is 0 Å². The predicted octanol–water partition coefficient (Wildman–Crippen LogP) is 5.09. The van der Waals surface area contributed by atoms with Gasteiger partial charge in [0.1, 0.15) is 23.2 Å². The third kappa shape index (κ3) is 3.06. The van der Waals surface area contributed by atoms with Crippen LogP contribution in [0.3, 0.4) is 0 Å². The van der Waals surface area contributed by atoms with Crippen LogP contribution >= 0.6 is 0 Å². The average Bonchev–Trinajstić information content (AvgIpc) is 2.76. The lowest BCUT2D eigenvalue weighted by Crippen LogP contribution is -2.27. The predicted molar refractivity (Wildman–Crippen MR) is 109 cm³/mol. The van der Waals surface area contributed by atoms with Gasteiger partial charge >= 0.3 is 5.97 Å². The molecule has 1 aliphatic rings. The Morgan fingerprint density at radius 3 is 2.26 bits per heavy atom. The maximum atomic E-state index is 14.8. The van der Waals surface area contributed by atoms with Crippen LogP contribution in [-0.4, -0.2) is 32.3 Å². The first-order chi connectivity index (χ1) is 14.8. The summed E-state index contributed by atoms with van der Waals surface area (Å²) in [7, 11) is 4.44. The van der Waals surface area contributed by atoms with Crippen molar-refractivity contribution < 1.29 is 32.5 Å².